The Morgan fingerprint density at radius 2 is 1.57 bits per heavy atom. The summed E-state index contributed by atoms with van der Waals surface area (Å²) in [5.41, 5.74) is -1.43. The number of para-hydroxylation sites is 1. The van der Waals surface area contributed by atoms with Gasteiger partial charge in [0.15, 0.2) is 5.60 Å². The molecule has 0 aliphatic carbocycles. The molecule has 2 rings (SSSR count). The van der Waals surface area contributed by atoms with E-state index in [9.17, 15) is 9.90 Å². The number of nitrogens with zero attached hydrogens (tertiary/aromatic N) is 1. The number of ether oxygens (including phenoxy) is 1. The number of hydroxylamine groups is 2. The highest BCUT2D eigenvalue weighted by atomic mass is 16.5. The van der Waals surface area contributed by atoms with E-state index in [-0.39, 0.29) is 0 Å². The third-order valence-electron chi connectivity index (χ3n) is 3.11. The molecule has 0 aliphatic heterocycles. The van der Waals surface area contributed by atoms with Gasteiger partial charge in [-0.3, -0.25) is 10.0 Å². The maximum absolute atomic E-state index is 11.7. The Balaban J connectivity index is 2.17. The first-order valence-electron chi connectivity index (χ1n) is 6.44. The highest BCUT2D eigenvalue weighted by Gasteiger charge is 2.34. The van der Waals surface area contributed by atoms with E-state index in [0.717, 1.165) is 0 Å². The zero-order chi connectivity index (χ0) is 15.5. The summed E-state index contributed by atoms with van der Waals surface area (Å²) >= 11 is 0. The first-order valence-corrected chi connectivity index (χ1v) is 6.44. The molecule has 1 amide bonds. The van der Waals surface area contributed by atoms with E-state index in [1.807, 2.05) is 30.3 Å². The molecule has 5 nitrogen and oxygen atoms in total. The fourth-order valence-electron chi connectivity index (χ4n) is 1.91. The lowest BCUT2D eigenvalue weighted by molar-refractivity contribution is -0.179. The van der Waals surface area contributed by atoms with Crippen LogP contribution in [0.25, 0.3) is 0 Å². The molecule has 0 radical (unpaired) electrons. The van der Waals surface area contributed by atoms with Crippen LogP contribution in [-0.2, 0) is 10.4 Å². The monoisotopic (exact) mass is 287 g/mol. The molecule has 1 atom stereocenters. The van der Waals surface area contributed by atoms with Gasteiger partial charge in [-0.25, -0.2) is 5.06 Å². The maximum atomic E-state index is 11.7. The Morgan fingerprint density at radius 1 is 1.05 bits per heavy atom. The summed E-state index contributed by atoms with van der Waals surface area (Å²) in [4.78, 5) is 11.7. The molecule has 2 aromatic carbocycles. The zero-order valence-corrected chi connectivity index (χ0v) is 11.9. The normalized spacial score (nSPS) is 13.3. The molecular weight excluding hydrogens is 270 g/mol. The van der Waals surface area contributed by atoms with Gasteiger partial charge in [0.2, 0.25) is 0 Å². The van der Waals surface area contributed by atoms with Crippen molar-refractivity contribution in [2.24, 2.45) is 0 Å². The smallest absolute Gasteiger partial charge is 0.281 e. The van der Waals surface area contributed by atoms with Crippen LogP contribution in [0.15, 0.2) is 54.6 Å². The highest BCUT2D eigenvalue weighted by molar-refractivity contribution is 5.84. The minimum absolute atomic E-state index is 0.369. The second-order valence-corrected chi connectivity index (χ2v) is 4.84. The van der Waals surface area contributed by atoms with Gasteiger partial charge >= 0.3 is 0 Å². The molecule has 0 saturated heterocycles. The minimum Gasteiger partial charge on any atom is -0.457 e. The molecule has 1 unspecified atom stereocenters. The van der Waals surface area contributed by atoms with E-state index >= 15 is 0 Å². The van der Waals surface area contributed by atoms with Crippen LogP contribution in [-0.4, -0.2) is 28.3 Å². The summed E-state index contributed by atoms with van der Waals surface area (Å²) in [6.07, 6.45) is 0. The third kappa shape index (κ3) is 3.39. The van der Waals surface area contributed by atoms with E-state index < -0.39 is 11.5 Å². The predicted molar refractivity (Wildman–Crippen MR) is 77.1 cm³/mol. The first kappa shape index (κ1) is 15.0. The SMILES string of the molecule is CN(O)C(=O)C(C)(O)c1ccc(Oc2ccccc2)cc1. The fourth-order valence-corrected chi connectivity index (χ4v) is 1.91. The van der Waals surface area contributed by atoms with E-state index in [1.165, 1.54) is 14.0 Å². The van der Waals surface area contributed by atoms with Crippen LogP contribution in [0, 0.1) is 0 Å². The molecule has 21 heavy (non-hydrogen) atoms. The number of hydrogen-bond acceptors (Lipinski definition) is 4. The number of carbonyl (C=O) groups excluding carboxylic acids is 1. The molecule has 5 heteroatoms. The van der Waals surface area contributed by atoms with E-state index in [2.05, 4.69) is 0 Å². The second kappa shape index (κ2) is 5.95. The van der Waals surface area contributed by atoms with Crippen LogP contribution in [0.5, 0.6) is 11.5 Å². The Bertz CT molecular complexity index is 606. The largest absolute Gasteiger partial charge is 0.457 e. The Morgan fingerprint density at radius 3 is 2.10 bits per heavy atom. The van der Waals surface area contributed by atoms with E-state index in [0.29, 0.717) is 22.1 Å². The molecule has 2 N–H and O–H groups in total. The van der Waals surface area contributed by atoms with Gasteiger partial charge in [0.05, 0.1) is 0 Å². The van der Waals surface area contributed by atoms with Gasteiger partial charge in [0.1, 0.15) is 11.5 Å². The van der Waals surface area contributed by atoms with Gasteiger partial charge in [0, 0.05) is 7.05 Å². The summed E-state index contributed by atoms with van der Waals surface area (Å²) < 4.78 is 5.63. The molecule has 110 valence electrons. The molecule has 0 aromatic heterocycles. The molecule has 0 heterocycles. The maximum Gasteiger partial charge on any atom is 0.281 e. The quantitative estimate of drug-likeness (QED) is 0.669. The van der Waals surface area contributed by atoms with Crippen LogP contribution in [0.2, 0.25) is 0 Å². The molecule has 0 fully saturated rings. The van der Waals surface area contributed by atoms with Crippen molar-refractivity contribution in [2.75, 3.05) is 7.05 Å². The minimum atomic E-state index is -1.80. The molecule has 0 spiro atoms. The number of benzene rings is 2. The van der Waals surface area contributed by atoms with Crippen molar-refractivity contribution in [2.45, 2.75) is 12.5 Å². The molecule has 0 bridgehead atoms. The number of hydrogen-bond donors (Lipinski definition) is 2. The molecule has 2 aromatic rings. The summed E-state index contributed by atoms with van der Waals surface area (Å²) in [6.45, 7) is 1.33. The average Bonchev–Trinajstić information content (AvgIpc) is 2.48. The lowest BCUT2D eigenvalue weighted by Gasteiger charge is -2.25. The average molecular weight is 287 g/mol. The Kier molecular flexibility index (Phi) is 4.26. The first-order chi connectivity index (χ1) is 9.91. The van der Waals surface area contributed by atoms with Crippen LogP contribution in [0.3, 0.4) is 0 Å². The van der Waals surface area contributed by atoms with Gasteiger partial charge in [-0.2, -0.15) is 0 Å². The van der Waals surface area contributed by atoms with Crippen molar-refractivity contribution in [3.05, 3.63) is 60.2 Å². The highest BCUT2D eigenvalue weighted by Crippen LogP contribution is 2.27. The van der Waals surface area contributed by atoms with Crippen LogP contribution in [0.4, 0.5) is 0 Å². The van der Waals surface area contributed by atoms with Crippen LogP contribution >= 0.6 is 0 Å². The van der Waals surface area contributed by atoms with E-state index in [1.54, 1.807) is 24.3 Å². The lowest BCUT2D eigenvalue weighted by Crippen LogP contribution is -2.41. The van der Waals surface area contributed by atoms with Gasteiger partial charge in [-0.05, 0) is 36.8 Å². The van der Waals surface area contributed by atoms with Gasteiger partial charge in [-0.1, -0.05) is 30.3 Å². The topological polar surface area (TPSA) is 70.0 Å². The number of likely N-dealkylation sites (N-methyl/N-ethyl adjacent to an activating group) is 1. The third-order valence-corrected chi connectivity index (χ3v) is 3.11. The standard InChI is InChI=1S/C16H17NO4/c1-16(19,15(18)17(2)20)12-8-10-14(11-9-12)21-13-6-4-3-5-7-13/h3-11,19-20H,1-2H3. The van der Waals surface area contributed by atoms with Gasteiger partial charge < -0.3 is 9.84 Å². The van der Waals surface area contributed by atoms with Crippen LogP contribution < -0.4 is 4.74 Å². The lowest BCUT2D eigenvalue weighted by atomic mass is 9.95. The number of aliphatic hydroxyl groups is 1. The summed E-state index contributed by atoms with van der Waals surface area (Å²) in [6, 6.07) is 15.8. The van der Waals surface area contributed by atoms with Gasteiger partial charge in [-0.15, -0.1) is 0 Å². The summed E-state index contributed by atoms with van der Waals surface area (Å²) in [5, 5.41) is 19.7. The Labute approximate surface area is 123 Å². The van der Waals surface area contributed by atoms with Crippen molar-refractivity contribution in [1.82, 2.24) is 5.06 Å². The second-order valence-electron chi connectivity index (χ2n) is 4.84. The van der Waals surface area contributed by atoms with Gasteiger partial charge in [0.25, 0.3) is 5.91 Å². The fraction of sp³-hybridized carbons (Fsp3) is 0.188. The van der Waals surface area contributed by atoms with Crippen molar-refractivity contribution >= 4 is 5.91 Å². The molecule has 0 aliphatic rings. The predicted octanol–water partition coefficient (Wildman–Crippen LogP) is 2.53. The summed E-state index contributed by atoms with van der Waals surface area (Å²) in [7, 11) is 1.17. The molecule has 0 saturated carbocycles. The van der Waals surface area contributed by atoms with Crippen molar-refractivity contribution in [3.63, 3.8) is 0 Å². The summed E-state index contributed by atoms with van der Waals surface area (Å²) in [5.74, 6) is 0.480. The van der Waals surface area contributed by atoms with Crippen molar-refractivity contribution in [1.29, 1.82) is 0 Å². The van der Waals surface area contributed by atoms with Crippen molar-refractivity contribution < 1.29 is 19.8 Å². The zero-order valence-electron chi connectivity index (χ0n) is 11.9. The Hall–Kier alpha value is -2.37. The molecular formula is C16H17NO4. The van der Waals surface area contributed by atoms with Crippen LogP contribution in [0.1, 0.15) is 12.5 Å². The number of carbonyl (C=O) groups is 1. The van der Waals surface area contributed by atoms with Crippen molar-refractivity contribution in [3.8, 4) is 11.5 Å². The number of rotatable bonds is 4. The number of amides is 1. The van der Waals surface area contributed by atoms with E-state index in [4.69, 9.17) is 9.94 Å².